The Labute approximate surface area is 83.7 Å². The molecule has 1 aliphatic heterocycles. The molecule has 0 fully saturated rings. The number of Topliss-reactive ketones (excluding diaryl/α,β-unsaturated/α-hetero) is 1. The highest BCUT2D eigenvalue weighted by Gasteiger charge is 2.15. The average Bonchev–Trinajstić information content (AvgIpc) is 2.16. The highest BCUT2D eigenvalue weighted by Crippen LogP contribution is 2.32. The van der Waals surface area contributed by atoms with Gasteiger partial charge in [-0.2, -0.15) is 0 Å². The molecule has 1 aromatic rings. The maximum absolute atomic E-state index is 11.2. The summed E-state index contributed by atoms with van der Waals surface area (Å²) in [6.45, 7) is 4.28. The number of hydrogen-bond acceptors (Lipinski definition) is 2. The van der Waals surface area contributed by atoms with Gasteiger partial charge in [0.15, 0.2) is 5.78 Å². The first-order valence-electron chi connectivity index (χ1n) is 4.87. The topological polar surface area (TPSA) is 29.4 Å². The molecule has 0 unspecified atom stereocenters. The maximum Gasteiger partial charge on any atom is 0.178 e. The van der Waals surface area contributed by atoms with Crippen molar-refractivity contribution in [3.63, 3.8) is 0 Å². The van der Waals surface area contributed by atoms with Gasteiger partial charge in [0.1, 0.15) is 0 Å². The van der Waals surface area contributed by atoms with Gasteiger partial charge in [-0.3, -0.25) is 9.79 Å². The Hall–Kier alpha value is -1.44. The summed E-state index contributed by atoms with van der Waals surface area (Å²) in [4.78, 5) is 15.4. The minimum atomic E-state index is 0.0957. The number of para-hydroxylation sites is 1. The molecule has 0 saturated carbocycles. The van der Waals surface area contributed by atoms with Gasteiger partial charge in [-0.1, -0.05) is 32.0 Å². The van der Waals surface area contributed by atoms with Crippen molar-refractivity contribution in [2.45, 2.75) is 26.2 Å². The van der Waals surface area contributed by atoms with Crippen LogP contribution in [0, 0.1) is 0 Å². The van der Waals surface area contributed by atoms with Crippen LogP contribution >= 0.6 is 0 Å². The number of nitrogens with zero attached hydrogens (tertiary/aromatic N) is 1. The molecule has 2 heteroatoms. The van der Waals surface area contributed by atoms with E-state index in [0.717, 1.165) is 11.3 Å². The van der Waals surface area contributed by atoms with Crippen molar-refractivity contribution in [2.24, 2.45) is 4.99 Å². The zero-order valence-corrected chi connectivity index (χ0v) is 8.45. The molecule has 14 heavy (non-hydrogen) atoms. The van der Waals surface area contributed by atoms with Gasteiger partial charge in [-0.05, 0) is 17.0 Å². The molecule has 1 aliphatic rings. The second-order valence-electron chi connectivity index (χ2n) is 3.91. The fourth-order valence-corrected chi connectivity index (χ4v) is 1.75. The molecule has 0 atom stereocenters. The van der Waals surface area contributed by atoms with Crippen molar-refractivity contribution in [1.29, 1.82) is 0 Å². The minimum absolute atomic E-state index is 0.0957. The highest BCUT2D eigenvalue weighted by molar-refractivity contribution is 6.29. The average molecular weight is 187 g/mol. The zero-order chi connectivity index (χ0) is 10.1. The van der Waals surface area contributed by atoms with Crippen LogP contribution in [0.15, 0.2) is 23.2 Å². The molecule has 1 aromatic carbocycles. The molecule has 0 radical (unpaired) electrons. The Morgan fingerprint density at radius 3 is 2.86 bits per heavy atom. The third-order valence-corrected chi connectivity index (χ3v) is 2.48. The second-order valence-corrected chi connectivity index (χ2v) is 3.91. The fraction of sp³-hybridized carbons (Fsp3) is 0.333. The number of carbonyl (C=O) groups excluding carboxylic acids is 1. The highest BCUT2D eigenvalue weighted by atomic mass is 16.1. The number of aliphatic imine (C=N–C) groups is 1. The number of carbonyl (C=O) groups is 1. The van der Waals surface area contributed by atoms with Crippen LogP contribution in [0.5, 0.6) is 0 Å². The predicted octanol–water partition coefficient (Wildman–Crippen LogP) is 2.64. The predicted molar refractivity (Wildman–Crippen MR) is 57.4 cm³/mol. The van der Waals surface area contributed by atoms with E-state index in [1.807, 2.05) is 12.1 Å². The number of fused-ring (bicyclic) bond motifs is 1. The lowest BCUT2D eigenvalue weighted by Gasteiger charge is -2.15. The van der Waals surface area contributed by atoms with E-state index in [2.05, 4.69) is 24.9 Å². The Bertz CT molecular complexity index is 405. The summed E-state index contributed by atoms with van der Waals surface area (Å²) in [6, 6.07) is 6.06. The van der Waals surface area contributed by atoms with Crippen molar-refractivity contribution in [3.05, 3.63) is 29.3 Å². The van der Waals surface area contributed by atoms with Gasteiger partial charge < -0.3 is 0 Å². The quantitative estimate of drug-likeness (QED) is 0.664. The molecule has 0 aliphatic carbocycles. The summed E-state index contributed by atoms with van der Waals surface area (Å²) in [6.07, 6.45) is 1.94. The first kappa shape index (κ1) is 9.13. The van der Waals surface area contributed by atoms with Gasteiger partial charge in [-0.25, -0.2) is 0 Å². The standard InChI is InChI=1S/C12H13NO/c1-8(2)11-5-3-4-9-6-10(14)7-13-12(9)11/h3-5,7-8H,6H2,1-2H3. The lowest BCUT2D eigenvalue weighted by molar-refractivity contribution is -0.112. The number of ketones is 1. The van der Waals surface area contributed by atoms with Crippen molar-refractivity contribution in [3.8, 4) is 0 Å². The van der Waals surface area contributed by atoms with Crippen LogP contribution in [0.25, 0.3) is 0 Å². The third-order valence-electron chi connectivity index (χ3n) is 2.48. The Kier molecular flexibility index (Phi) is 2.20. The SMILES string of the molecule is CC(C)c1cccc2c1N=CC(=O)C2. The van der Waals surface area contributed by atoms with Crippen LogP contribution < -0.4 is 0 Å². The second kappa shape index (κ2) is 3.37. The van der Waals surface area contributed by atoms with Gasteiger partial charge in [0.25, 0.3) is 0 Å². The summed E-state index contributed by atoms with van der Waals surface area (Å²) >= 11 is 0. The molecule has 0 spiro atoms. The molecule has 0 saturated heterocycles. The molecule has 0 N–H and O–H groups in total. The number of hydrogen-bond donors (Lipinski definition) is 0. The minimum Gasteiger partial charge on any atom is -0.293 e. The first-order chi connectivity index (χ1) is 6.68. The van der Waals surface area contributed by atoms with E-state index in [1.165, 1.54) is 11.8 Å². The van der Waals surface area contributed by atoms with Gasteiger partial charge in [0, 0.05) is 6.42 Å². The van der Waals surface area contributed by atoms with Crippen LogP contribution in [0.2, 0.25) is 0 Å². The monoisotopic (exact) mass is 187 g/mol. The molecule has 2 nitrogen and oxygen atoms in total. The zero-order valence-electron chi connectivity index (χ0n) is 8.45. The largest absolute Gasteiger partial charge is 0.293 e. The Balaban J connectivity index is 2.55. The van der Waals surface area contributed by atoms with E-state index >= 15 is 0 Å². The van der Waals surface area contributed by atoms with Crippen LogP contribution in [0.4, 0.5) is 5.69 Å². The first-order valence-corrected chi connectivity index (χ1v) is 4.87. The Morgan fingerprint density at radius 2 is 2.14 bits per heavy atom. The van der Waals surface area contributed by atoms with Crippen molar-refractivity contribution < 1.29 is 4.79 Å². The summed E-state index contributed by atoms with van der Waals surface area (Å²) in [5.74, 6) is 0.550. The van der Waals surface area contributed by atoms with Crippen molar-refractivity contribution in [2.75, 3.05) is 0 Å². The lowest BCUT2D eigenvalue weighted by atomic mass is 9.94. The van der Waals surface area contributed by atoms with Gasteiger partial charge in [0.2, 0.25) is 0 Å². The molecule has 0 bridgehead atoms. The molecular formula is C12H13NO. The van der Waals surface area contributed by atoms with Crippen LogP contribution in [-0.2, 0) is 11.2 Å². The third kappa shape index (κ3) is 1.48. The van der Waals surface area contributed by atoms with E-state index in [9.17, 15) is 4.79 Å². The molecule has 1 heterocycles. The molecule has 72 valence electrons. The van der Waals surface area contributed by atoms with Gasteiger partial charge in [0.05, 0.1) is 11.9 Å². The summed E-state index contributed by atoms with van der Waals surface area (Å²) in [5.41, 5.74) is 3.29. The summed E-state index contributed by atoms with van der Waals surface area (Å²) < 4.78 is 0. The maximum atomic E-state index is 11.2. The fourth-order valence-electron chi connectivity index (χ4n) is 1.75. The van der Waals surface area contributed by atoms with Gasteiger partial charge in [-0.15, -0.1) is 0 Å². The summed E-state index contributed by atoms with van der Waals surface area (Å²) in [7, 11) is 0. The number of rotatable bonds is 1. The van der Waals surface area contributed by atoms with Crippen molar-refractivity contribution >= 4 is 17.7 Å². The van der Waals surface area contributed by atoms with E-state index in [4.69, 9.17) is 0 Å². The van der Waals surface area contributed by atoms with Gasteiger partial charge >= 0.3 is 0 Å². The van der Waals surface area contributed by atoms with E-state index in [1.54, 1.807) is 0 Å². The smallest absolute Gasteiger partial charge is 0.178 e. The normalized spacial score (nSPS) is 14.6. The van der Waals surface area contributed by atoms with Crippen molar-refractivity contribution in [1.82, 2.24) is 0 Å². The van der Waals surface area contributed by atoms with Crippen LogP contribution in [-0.4, -0.2) is 12.0 Å². The summed E-state index contributed by atoms with van der Waals surface area (Å²) in [5, 5.41) is 0. The van der Waals surface area contributed by atoms with E-state index in [-0.39, 0.29) is 5.78 Å². The van der Waals surface area contributed by atoms with Crippen LogP contribution in [0.3, 0.4) is 0 Å². The molecule has 0 amide bonds. The van der Waals surface area contributed by atoms with Crippen LogP contribution in [0.1, 0.15) is 30.9 Å². The van der Waals surface area contributed by atoms with E-state index in [0.29, 0.717) is 12.3 Å². The molecule has 0 aromatic heterocycles. The number of benzene rings is 1. The van der Waals surface area contributed by atoms with E-state index < -0.39 is 0 Å². The Morgan fingerprint density at radius 1 is 1.36 bits per heavy atom. The molecule has 2 rings (SSSR count). The molecular weight excluding hydrogens is 174 g/mol. The lowest BCUT2D eigenvalue weighted by Crippen LogP contribution is -2.09.